The third kappa shape index (κ3) is 3.23. The van der Waals surface area contributed by atoms with Crippen molar-refractivity contribution in [2.45, 2.75) is 31.1 Å². The Morgan fingerprint density at radius 1 is 1.85 bits per heavy atom. The number of carbonyl (C=O) groups excluding carboxylic acids is 1. The molecule has 0 aliphatic heterocycles. The Morgan fingerprint density at radius 2 is 2.38 bits per heavy atom. The maximum Gasteiger partial charge on any atom is 0.324 e. The molecule has 0 heterocycles. The molecule has 0 aliphatic rings. The minimum atomic E-state index is -0.862. The smallest absolute Gasteiger partial charge is 0.324 e. The number of alkyl halides is 1. The van der Waals surface area contributed by atoms with Crippen molar-refractivity contribution in [2.75, 3.05) is 6.61 Å². The Bertz CT molecular complexity index is 223. The van der Waals surface area contributed by atoms with Crippen LogP contribution in [0.15, 0.2) is 0 Å². The summed E-state index contributed by atoms with van der Waals surface area (Å²) in [7, 11) is 0. The van der Waals surface area contributed by atoms with Crippen molar-refractivity contribution in [2.24, 2.45) is 0 Å². The van der Waals surface area contributed by atoms with Crippen molar-refractivity contribution in [1.29, 1.82) is 5.26 Å². The number of nitrogens with zero attached hydrogens (tertiary/aromatic N) is 1. The Balaban J connectivity index is 4.37. The van der Waals surface area contributed by atoms with E-state index in [0.29, 0.717) is 6.61 Å². The van der Waals surface area contributed by atoms with Crippen molar-refractivity contribution in [3.05, 3.63) is 0 Å². The maximum absolute atomic E-state index is 11.4. The number of rotatable bonds is 4. The van der Waals surface area contributed by atoms with Crippen molar-refractivity contribution in [1.82, 2.24) is 5.32 Å². The average Bonchev–Trinajstić information content (AvgIpc) is 2.05. The van der Waals surface area contributed by atoms with E-state index >= 15 is 0 Å². The van der Waals surface area contributed by atoms with Crippen LogP contribution < -0.4 is 5.32 Å². The highest BCUT2D eigenvalue weighted by atomic mass is 79.9. The molecular weight excluding hydrogens is 236 g/mol. The van der Waals surface area contributed by atoms with Gasteiger partial charge in [0.15, 0.2) is 6.19 Å². The predicted molar refractivity (Wildman–Crippen MR) is 52.2 cm³/mol. The summed E-state index contributed by atoms with van der Waals surface area (Å²) in [5.74, 6) is -0.370. The summed E-state index contributed by atoms with van der Waals surface area (Å²) in [5, 5.41) is 10.9. The number of hydrogen-bond donors (Lipinski definition) is 1. The Hall–Kier alpha value is -0.760. The third-order valence-electron chi connectivity index (χ3n) is 1.77. The van der Waals surface area contributed by atoms with Crippen molar-refractivity contribution >= 4 is 21.9 Å². The van der Waals surface area contributed by atoms with Gasteiger partial charge < -0.3 is 10.1 Å². The molecular formula is C8H13BrN2O2. The maximum atomic E-state index is 11.4. The van der Waals surface area contributed by atoms with Crippen LogP contribution in [0.5, 0.6) is 0 Å². The van der Waals surface area contributed by atoms with Gasteiger partial charge in [-0.05, 0) is 20.8 Å². The zero-order chi connectivity index (χ0) is 10.5. The van der Waals surface area contributed by atoms with Gasteiger partial charge in [0, 0.05) is 0 Å². The Labute approximate surface area is 86.4 Å². The van der Waals surface area contributed by atoms with Crippen molar-refractivity contribution in [3.8, 4) is 6.19 Å². The van der Waals surface area contributed by atoms with Crippen LogP contribution >= 0.6 is 15.9 Å². The van der Waals surface area contributed by atoms with E-state index in [-0.39, 0.29) is 12.0 Å². The first-order valence-corrected chi connectivity index (χ1v) is 4.76. The number of ether oxygens (including phenoxy) is 1. The van der Waals surface area contributed by atoms with E-state index in [2.05, 4.69) is 21.2 Å². The van der Waals surface area contributed by atoms with Crippen LogP contribution in [0, 0.1) is 11.5 Å². The van der Waals surface area contributed by atoms with E-state index in [0.717, 1.165) is 0 Å². The summed E-state index contributed by atoms with van der Waals surface area (Å²) in [6, 6.07) is -0.309. The third-order valence-corrected chi connectivity index (χ3v) is 2.78. The number of hydrogen-bond acceptors (Lipinski definition) is 4. The monoisotopic (exact) mass is 248 g/mol. The van der Waals surface area contributed by atoms with Gasteiger partial charge in [-0.1, -0.05) is 15.9 Å². The van der Waals surface area contributed by atoms with E-state index in [1.807, 2.05) is 0 Å². The van der Waals surface area contributed by atoms with Crippen LogP contribution in [0.25, 0.3) is 0 Å². The van der Waals surface area contributed by atoms with Crippen LogP contribution in [0.3, 0.4) is 0 Å². The molecule has 0 amide bonds. The molecule has 4 nitrogen and oxygen atoms in total. The molecule has 0 aliphatic carbocycles. The minimum Gasteiger partial charge on any atom is -0.465 e. The fourth-order valence-electron chi connectivity index (χ4n) is 0.681. The second-order valence-corrected chi connectivity index (χ2v) is 4.42. The van der Waals surface area contributed by atoms with Gasteiger partial charge in [0.25, 0.3) is 0 Å². The van der Waals surface area contributed by atoms with Gasteiger partial charge in [-0.25, -0.2) is 0 Å². The van der Waals surface area contributed by atoms with E-state index in [1.165, 1.54) is 0 Å². The topological polar surface area (TPSA) is 62.1 Å². The molecule has 2 atom stereocenters. The van der Waals surface area contributed by atoms with Gasteiger partial charge in [-0.2, -0.15) is 5.26 Å². The quantitative estimate of drug-likeness (QED) is 0.351. The molecule has 0 bridgehead atoms. The summed E-state index contributed by atoms with van der Waals surface area (Å²) >= 11 is 3.23. The van der Waals surface area contributed by atoms with Crippen molar-refractivity contribution in [3.63, 3.8) is 0 Å². The van der Waals surface area contributed by atoms with E-state index in [1.54, 1.807) is 27.0 Å². The molecule has 0 radical (unpaired) electrons. The lowest BCUT2D eigenvalue weighted by Crippen LogP contribution is -2.47. The zero-order valence-corrected chi connectivity index (χ0v) is 9.51. The van der Waals surface area contributed by atoms with Crippen LogP contribution in [0.1, 0.15) is 20.8 Å². The summed E-state index contributed by atoms with van der Waals surface area (Å²) in [5.41, 5.74) is 0. The summed E-state index contributed by atoms with van der Waals surface area (Å²) in [6.07, 6.45) is 1.78. The lowest BCUT2D eigenvalue weighted by atomic mass is 10.0. The van der Waals surface area contributed by atoms with E-state index in [4.69, 9.17) is 10.00 Å². The lowest BCUT2D eigenvalue weighted by Gasteiger charge is -2.25. The van der Waals surface area contributed by atoms with Crippen LogP contribution in [0.4, 0.5) is 0 Å². The van der Waals surface area contributed by atoms with Gasteiger partial charge in [0.05, 0.1) is 12.6 Å². The summed E-state index contributed by atoms with van der Waals surface area (Å²) in [6.45, 7) is 5.47. The highest BCUT2D eigenvalue weighted by Gasteiger charge is 2.37. The average molecular weight is 249 g/mol. The number of nitrogens with one attached hydrogen (secondary N) is 1. The van der Waals surface area contributed by atoms with Gasteiger partial charge in [-0.15, -0.1) is 0 Å². The van der Waals surface area contributed by atoms with Gasteiger partial charge in [-0.3, -0.25) is 4.79 Å². The SMILES string of the molecule is CCOC(=O)[C@@](C)(Br)[C@@H](C)NC#N. The first-order chi connectivity index (χ1) is 5.96. The summed E-state index contributed by atoms with van der Waals surface area (Å²) < 4.78 is 3.98. The molecule has 0 fully saturated rings. The molecule has 0 aromatic rings. The molecule has 5 heteroatoms. The lowest BCUT2D eigenvalue weighted by molar-refractivity contribution is -0.145. The normalized spacial score (nSPS) is 16.5. The Morgan fingerprint density at radius 3 is 2.77 bits per heavy atom. The van der Waals surface area contributed by atoms with Crippen LogP contribution in [-0.4, -0.2) is 22.9 Å². The first-order valence-electron chi connectivity index (χ1n) is 3.97. The number of carbonyl (C=O) groups is 1. The predicted octanol–water partition coefficient (Wildman–Crippen LogP) is 1.16. The second kappa shape index (κ2) is 5.07. The molecule has 0 aromatic carbocycles. The van der Waals surface area contributed by atoms with Gasteiger partial charge in [0.2, 0.25) is 0 Å². The number of halogens is 1. The molecule has 0 spiro atoms. The molecule has 1 N–H and O–H groups in total. The zero-order valence-electron chi connectivity index (χ0n) is 7.93. The van der Waals surface area contributed by atoms with E-state index in [9.17, 15) is 4.79 Å². The van der Waals surface area contributed by atoms with Crippen LogP contribution in [0.2, 0.25) is 0 Å². The fourth-order valence-corrected chi connectivity index (χ4v) is 0.910. The largest absolute Gasteiger partial charge is 0.465 e. The molecule has 0 saturated carbocycles. The Kier molecular flexibility index (Phi) is 4.78. The summed E-state index contributed by atoms with van der Waals surface area (Å²) in [4.78, 5) is 11.4. The van der Waals surface area contributed by atoms with Gasteiger partial charge >= 0.3 is 5.97 Å². The molecule has 0 saturated heterocycles. The fraction of sp³-hybridized carbons (Fsp3) is 0.750. The molecule has 0 aromatic heterocycles. The number of esters is 1. The second-order valence-electron chi connectivity index (χ2n) is 2.77. The van der Waals surface area contributed by atoms with Crippen molar-refractivity contribution < 1.29 is 9.53 Å². The molecule has 13 heavy (non-hydrogen) atoms. The highest BCUT2D eigenvalue weighted by Crippen LogP contribution is 2.23. The molecule has 0 unspecified atom stereocenters. The number of nitriles is 1. The van der Waals surface area contributed by atoms with E-state index < -0.39 is 4.32 Å². The highest BCUT2D eigenvalue weighted by molar-refractivity contribution is 9.10. The minimum absolute atomic E-state index is 0.309. The van der Waals surface area contributed by atoms with Crippen LogP contribution in [-0.2, 0) is 9.53 Å². The standard InChI is InChI=1S/C8H13BrN2O2/c1-4-13-7(12)8(3,9)6(2)11-5-10/h6,11H,4H2,1-3H3/t6-,8+/m1/s1. The van der Waals surface area contributed by atoms with Gasteiger partial charge in [0.1, 0.15) is 4.32 Å². The molecule has 74 valence electrons. The molecule has 0 rings (SSSR count). The first kappa shape index (κ1) is 12.2.